The largest absolute Gasteiger partial charge is 0.478 e. The van der Waals surface area contributed by atoms with Gasteiger partial charge in [0.05, 0.1) is 12.1 Å². The molecule has 0 saturated heterocycles. The summed E-state index contributed by atoms with van der Waals surface area (Å²) in [7, 11) is 0. The molecule has 0 radical (unpaired) electrons. The Hall–Kier alpha value is -6.00. The Labute approximate surface area is 365 Å². The lowest BCUT2D eigenvalue weighted by atomic mass is 9.83. The van der Waals surface area contributed by atoms with Crippen LogP contribution in [0.4, 0.5) is 26.3 Å². The molecule has 0 amide bonds. The number of aliphatic carboxylic acids is 1. The van der Waals surface area contributed by atoms with Crippen molar-refractivity contribution in [2.75, 3.05) is 33.3 Å². The fourth-order valence-corrected chi connectivity index (χ4v) is 9.11. The molecule has 1 N–H and O–H groups in total. The molecular weight excluding hydrogens is 847 g/mol. The molecule has 16 heteroatoms. The molecular formula is C48H46F6N2O8. The quantitative estimate of drug-likeness (QED) is 0.0841. The molecule has 4 aliphatic heterocycles. The van der Waals surface area contributed by atoms with Crippen LogP contribution in [-0.4, -0.2) is 83.5 Å². The standard InChI is InChI=1S/C48H46F6N2O8/c1-25-10-28-16-37-39(63-23-61-37)18-31(28)45(55(25)21-47(2,3)53)43-33(49)13-27(14-34(43)50)7-9-42(59)60-20-30-15-29-17-38-40(64-24-62-38)19-32(29)46(56(30)22-48(4,5)54)44-35(51)11-26(12-36(44)52)6-8-41(57)58/h6-9,11-14,16-19,25,30,45-46H,10,15,20-24H2,1-5H3,(H,57,58)/b8-6+,9-7+/t25-,30-,45+,46-/m0/s1. The smallest absolute Gasteiger partial charge is 0.330 e. The fourth-order valence-electron chi connectivity index (χ4n) is 9.11. The van der Waals surface area contributed by atoms with E-state index in [2.05, 4.69) is 0 Å². The van der Waals surface area contributed by atoms with Crippen molar-refractivity contribution in [3.8, 4) is 23.0 Å². The van der Waals surface area contributed by atoms with E-state index in [1.54, 1.807) is 29.2 Å². The predicted molar refractivity (Wildman–Crippen MR) is 223 cm³/mol. The van der Waals surface area contributed by atoms with Crippen molar-refractivity contribution in [1.29, 1.82) is 0 Å². The lowest BCUT2D eigenvalue weighted by Crippen LogP contribution is -2.51. The van der Waals surface area contributed by atoms with E-state index in [-0.39, 0.29) is 55.8 Å². The second-order valence-corrected chi connectivity index (χ2v) is 17.7. The van der Waals surface area contributed by atoms with Crippen LogP contribution >= 0.6 is 0 Å². The number of hydrogen-bond acceptors (Lipinski definition) is 9. The summed E-state index contributed by atoms with van der Waals surface area (Å²) in [5.41, 5.74) is -2.17. The molecule has 0 bridgehead atoms. The Balaban J connectivity index is 1.08. The van der Waals surface area contributed by atoms with Crippen molar-refractivity contribution < 1.29 is 64.7 Å². The van der Waals surface area contributed by atoms with Crippen molar-refractivity contribution in [3.05, 3.63) is 128 Å². The number of carbonyl (C=O) groups excluding carboxylic acids is 1. The van der Waals surface area contributed by atoms with Crippen LogP contribution in [0.25, 0.3) is 12.2 Å². The van der Waals surface area contributed by atoms with E-state index >= 15 is 26.3 Å². The first-order valence-corrected chi connectivity index (χ1v) is 20.7. The van der Waals surface area contributed by atoms with Gasteiger partial charge in [0.15, 0.2) is 23.0 Å². The molecule has 338 valence electrons. The molecule has 4 heterocycles. The summed E-state index contributed by atoms with van der Waals surface area (Å²) < 4.78 is 124. The van der Waals surface area contributed by atoms with E-state index in [9.17, 15) is 9.59 Å². The van der Waals surface area contributed by atoms with Gasteiger partial charge in [0, 0.05) is 48.5 Å². The third-order valence-corrected chi connectivity index (χ3v) is 11.6. The molecule has 64 heavy (non-hydrogen) atoms. The van der Waals surface area contributed by atoms with Crippen LogP contribution < -0.4 is 18.9 Å². The van der Waals surface area contributed by atoms with Crippen molar-refractivity contribution in [3.63, 3.8) is 0 Å². The van der Waals surface area contributed by atoms with Gasteiger partial charge < -0.3 is 28.8 Å². The van der Waals surface area contributed by atoms with Crippen LogP contribution in [-0.2, 0) is 27.2 Å². The number of fused-ring (bicyclic) bond motifs is 4. The number of carbonyl (C=O) groups is 2. The molecule has 0 aliphatic carbocycles. The fraction of sp³-hybridized carbons (Fsp3) is 0.375. The number of rotatable bonds is 12. The summed E-state index contributed by atoms with van der Waals surface area (Å²) in [6.45, 7) is 6.25. The molecule has 10 nitrogen and oxygen atoms in total. The molecule has 4 aliphatic rings. The summed E-state index contributed by atoms with van der Waals surface area (Å²) in [5, 5.41) is 9.05. The Morgan fingerprint density at radius 2 is 1.09 bits per heavy atom. The molecule has 4 aromatic rings. The number of alkyl halides is 2. The van der Waals surface area contributed by atoms with E-state index in [0.717, 1.165) is 48.1 Å². The van der Waals surface area contributed by atoms with Crippen LogP contribution in [0.2, 0.25) is 0 Å². The SMILES string of the molecule is C[C@H]1Cc2cc3c(cc2[C@H](c2c(F)cc(/C=C/C(=O)OC[C@@H]4Cc5cc6c(cc5[C@@H](c5c(F)cc(/C=C/C(=O)O)cc5F)N4CC(C)(C)F)OCO6)cc2F)N1CC(C)(C)F)OCO3. The zero-order chi connectivity index (χ0) is 45.8. The molecule has 0 fully saturated rings. The van der Waals surface area contributed by atoms with Gasteiger partial charge >= 0.3 is 11.9 Å². The Morgan fingerprint density at radius 3 is 1.56 bits per heavy atom. The van der Waals surface area contributed by atoms with Crippen LogP contribution in [0.3, 0.4) is 0 Å². The highest BCUT2D eigenvalue weighted by Gasteiger charge is 2.43. The third-order valence-electron chi connectivity index (χ3n) is 11.6. The number of nitrogens with zero attached hydrogens (tertiary/aromatic N) is 2. The normalized spacial score (nSPS) is 20.8. The van der Waals surface area contributed by atoms with Gasteiger partial charge in [-0.3, -0.25) is 9.80 Å². The van der Waals surface area contributed by atoms with Gasteiger partial charge in [-0.1, -0.05) is 0 Å². The zero-order valence-electron chi connectivity index (χ0n) is 35.7. The maximum absolute atomic E-state index is 16.3. The van der Waals surface area contributed by atoms with E-state index < -0.39 is 76.8 Å². The van der Waals surface area contributed by atoms with E-state index in [4.69, 9.17) is 28.8 Å². The number of benzene rings is 4. The molecule has 4 atom stereocenters. The van der Waals surface area contributed by atoms with Gasteiger partial charge in [0.25, 0.3) is 0 Å². The predicted octanol–water partition coefficient (Wildman–Crippen LogP) is 9.20. The summed E-state index contributed by atoms with van der Waals surface area (Å²) in [6, 6.07) is 7.31. The number of esters is 1. The minimum absolute atomic E-state index is 0.00669. The van der Waals surface area contributed by atoms with Crippen LogP contribution in [0.15, 0.2) is 60.7 Å². The Morgan fingerprint density at radius 1 is 0.672 bits per heavy atom. The number of hydrogen-bond donors (Lipinski definition) is 1. The van der Waals surface area contributed by atoms with E-state index in [1.807, 2.05) is 6.92 Å². The van der Waals surface area contributed by atoms with Crippen LogP contribution in [0, 0.1) is 23.3 Å². The van der Waals surface area contributed by atoms with Crippen molar-refractivity contribution >= 4 is 24.1 Å². The minimum Gasteiger partial charge on any atom is -0.478 e. The van der Waals surface area contributed by atoms with Gasteiger partial charge in [-0.2, -0.15) is 0 Å². The molecule has 4 aromatic carbocycles. The zero-order valence-corrected chi connectivity index (χ0v) is 35.7. The maximum Gasteiger partial charge on any atom is 0.330 e. The van der Waals surface area contributed by atoms with Gasteiger partial charge in [-0.05, 0) is 142 Å². The van der Waals surface area contributed by atoms with Crippen molar-refractivity contribution in [2.24, 2.45) is 0 Å². The number of carboxylic acid groups (broad SMARTS) is 1. The lowest BCUT2D eigenvalue weighted by Gasteiger charge is -2.45. The topological polar surface area (TPSA) is 107 Å². The number of halogens is 6. The second-order valence-electron chi connectivity index (χ2n) is 17.7. The molecule has 0 spiro atoms. The molecule has 8 rings (SSSR count). The van der Waals surface area contributed by atoms with Gasteiger partial charge in [0.1, 0.15) is 41.2 Å². The molecule has 0 saturated carbocycles. The van der Waals surface area contributed by atoms with E-state index in [0.29, 0.717) is 46.1 Å². The highest BCUT2D eigenvalue weighted by Crippen LogP contribution is 2.48. The van der Waals surface area contributed by atoms with Gasteiger partial charge in [-0.15, -0.1) is 0 Å². The average Bonchev–Trinajstić information content (AvgIpc) is 3.86. The first-order valence-electron chi connectivity index (χ1n) is 20.7. The summed E-state index contributed by atoms with van der Waals surface area (Å²) in [6.07, 6.45) is 4.52. The monoisotopic (exact) mass is 892 g/mol. The van der Waals surface area contributed by atoms with Crippen molar-refractivity contribution in [2.45, 2.75) is 83.0 Å². The van der Waals surface area contributed by atoms with Crippen molar-refractivity contribution in [1.82, 2.24) is 9.80 Å². The lowest BCUT2D eigenvalue weighted by molar-refractivity contribution is -0.140. The first-order chi connectivity index (χ1) is 30.2. The van der Waals surface area contributed by atoms with E-state index in [1.165, 1.54) is 38.7 Å². The highest BCUT2D eigenvalue weighted by atomic mass is 19.2. The van der Waals surface area contributed by atoms with Gasteiger partial charge in [-0.25, -0.2) is 35.9 Å². The average molecular weight is 893 g/mol. The summed E-state index contributed by atoms with van der Waals surface area (Å²) in [4.78, 5) is 27.7. The molecule has 0 unspecified atom stereocenters. The number of ether oxygens (including phenoxy) is 5. The summed E-state index contributed by atoms with van der Waals surface area (Å²) in [5.74, 6) is -4.54. The summed E-state index contributed by atoms with van der Waals surface area (Å²) >= 11 is 0. The Kier molecular flexibility index (Phi) is 12.0. The number of carboxylic acids is 1. The molecule has 0 aromatic heterocycles. The Bertz CT molecular complexity index is 2520. The van der Waals surface area contributed by atoms with Crippen LogP contribution in [0.5, 0.6) is 23.0 Å². The first kappa shape index (κ1) is 44.6. The van der Waals surface area contributed by atoms with Crippen LogP contribution in [0.1, 0.15) is 91.2 Å². The second kappa shape index (κ2) is 17.2. The highest BCUT2D eigenvalue weighted by molar-refractivity contribution is 5.87. The maximum atomic E-state index is 16.3. The minimum atomic E-state index is -1.93. The van der Waals surface area contributed by atoms with Gasteiger partial charge in [0.2, 0.25) is 13.6 Å². The third kappa shape index (κ3) is 9.29.